The van der Waals surface area contributed by atoms with Crippen molar-refractivity contribution >= 4 is 23.8 Å². The van der Waals surface area contributed by atoms with Crippen LogP contribution in [0.15, 0.2) is 46.4 Å². The maximum Gasteiger partial charge on any atom is 0.0635 e. The van der Waals surface area contributed by atoms with Crippen LogP contribution < -0.4 is 0 Å². The summed E-state index contributed by atoms with van der Waals surface area (Å²) in [4.78, 5) is 9.46. The number of aliphatic imine (C=N–C) groups is 2. The third-order valence-corrected chi connectivity index (χ3v) is 5.86. The van der Waals surface area contributed by atoms with Crippen molar-refractivity contribution in [3.63, 3.8) is 0 Å². The van der Waals surface area contributed by atoms with E-state index in [1.54, 1.807) is 0 Å². The van der Waals surface area contributed by atoms with Gasteiger partial charge in [0.1, 0.15) is 0 Å². The van der Waals surface area contributed by atoms with E-state index in [1.807, 2.05) is 12.4 Å². The summed E-state index contributed by atoms with van der Waals surface area (Å²) in [6.45, 7) is 9.01. The zero-order chi connectivity index (χ0) is 23.0. The third kappa shape index (κ3) is 11.9. The first-order valence-corrected chi connectivity index (χ1v) is 13.0. The Hall–Kier alpha value is -1.56. The van der Waals surface area contributed by atoms with Crippen molar-refractivity contribution in [3.05, 3.63) is 58.7 Å². The second kappa shape index (κ2) is 17.9. The van der Waals surface area contributed by atoms with Crippen LogP contribution in [0.5, 0.6) is 0 Å². The normalized spacial score (nSPS) is 11.4. The molecule has 0 bridgehead atoms. The van der Waals surface area contributed by atoms with Crippen LogP contribution in [-0.2, 0) is 46.1 Å². The van der Waals surface area contributed by atoms with Crippen molar-refractivity contribution in [2.45, 2.75) is 105 Å². The molecule has 0 atom stereocenters. The molecule has 0 fully saturated rings. The minimum absolute atomic E-state index is 0. The van der Waals surface area contributed by atoms with Gasteiger partial charge < -0.3 is 0 Å². The summed E-state index contributed by atoms with van der Waals surface area (Å²) >= 11 is 0. The van der Waals surface area contributed by atoms with E-state index in [-0.39, 0.29) is 20.4 Å². The van der Waals surface area contributed by atoms with E-state index >= 15 is 0 Å². The van der Waals surface area contributed by atoms with Crippen molar-refractivity contribution in [2.75, 3.05) is 0 Å². The molecule has 2 aromatic rings. The smallest absolute Gasteiger partial charge is 0.0635 e. The molecule has 0 N–H and O–H groups in total. The van der Waals surface area contributed by atoms with Gasteiger partial charge in [-0.05, 0) is 97.9 Å². The minimum Gasteiger partial charge on any atom is -0.255 e. The molecule has 0 radical (unpaired) electrons. The fourth-order valence-electron chi connectivity index (χ4n) is 3.97. The van der Waals surface area contributed by atoms with Gasteiger partial charge in [0.25, 0.3) is 0 Å². The molecular formula is C30H44N2Pd. The van der Waals surface area contributed by atoms with Crippen LogP contribution in [0.3, 0.4) is 0 Å². The number of benzene rings is 2. The molecule has 0 saturated carbocycles. The molecule has 0 saturated heterocycles. The van der Waals surface area contributed by atoms with E-state index < -0.39 is 0 Å². The first-order valence-electron chi connectivity index (χ1n) is 13.0. The average molecular weight is 539 g/mol. The summed E-state index contributed by atoms with van der Waals surface area (Å²) in [5, 5.41) is 0. The van der Waals surface area contributed by atoms with Gasteiger partial charge >= 0.3 is 0 Å². The average Bonchev–Trinajstić information content (AvgIpc) is 2.81. The number of rotatable bonds is 15. The van der Waals surface area contributed by atoms with Gasteiger partial charge in [-0.1, -0.05) is 65.5 Å². The second-order valence-corrected chi connectivity index (χ2v) is 8.99. The Morgan fingerprint density at radius 1 is 0.485 bits per heavy atom. The quantitative estimate of drug-likeness (QED) is 0.159. The number of hydrogen-bond donors (Lipinski definition) is 0. The van der Waals surface area contributed by atoms with Gasteiger partial charge in [0.15, 0.2) is 0 Å². The van der Waals surface area contributed by atoms with Crippen LogP contribution in [0.25, 0.3) is 0 Å². The van der Waals surface area contributed by atoms with E-state index in [1.165, 1.54) is 73.6 Å². The van der Waals surface area contributed by atoms with Gasteiger partial charge in [-0.3, -0.25) is 9.98 Å². The molecule has 0 aromatic heterocycles. The molecule has 2 aromatic carbocycles. The van der Waals surface area contributed by atoms with Gasteiger partial charge in [-0.15, -0.1) is 0 Å². The fourth-order valence-corrected chi connectivity index (χ4v) is 3.97. The molecule has 2 nitrogen and oxygen atoms in total. The standard InChI is InChI=1S/C30H44N2.Pd/c1-5-9-13-25-19-26(14-10-6-2)22-29(21-25)31-17-18-32-30-23-27(15-11-7-3)20-28(24-30)16-12-8-4;/h17-24H,5-16H2,1-4H3;. The zero-order valence-corrected chi connectivity index (χ0v) is 22.9. The van der Waals surface area contributed by atoms with Crippen molar-refractivity contribution in [3.8, 4) is 0 Å². The molecule has 0 spiro atoms. The Morgan fingerprint density at radius 2 is 0.758 bits per heavy atom. The van der Waals surface area contributed by atoms with Crippen molar-refractivity contribution in [2.24, 2.45) is 9.98 Å². The Kier molecular flexibility index (Phi) is 15.9. The molecule has 0 aliphatic rings. The largest absolute Gasteiger partial charge is 0.255 e. The van der Waals surface area contributed by atoms with E-state index in [4.69, 9.17) is 9.98 Å². The van der Waals surface area contributed by atoms with Crippen LogP contribution in [0.1, 0.15) is 101 Å². The molecule has 2 rings (SSSR count). The van der Waals surface area contributed by atoms with Crippen LogP contribution in [0.2, 0.25) is 0 Å². The minimum atomic E-state index is 0. The fraction of sp³-hybridized carbons (Fsp3) is 0.533. The number of unbranched alkanes of at least 4 members (excludes halogenated alkanes) is 4. The van der Waals surface area contributed by atoms with Gasteiger partial charge in [-0.2, -0.15) is 0 Å². The number of hydrogen-bond acceptors (Lipinski definition) is 2. The maximum atomic E-state index is 4.73. The summed E-state index contributed by atoms with van der Waals surface area (Å²) in [6, 6.07) is 13.7. The van der Waals surface area contributed by atoms with E-state index in [0.29, 0.717) is 0 Å². The van der Waals surface area contributed by atoms with Crippen molar-refractivity contribution in [1.82, 2.24) is 0 Å². The zero-order valence-electron chi connectivity index (χ0n) is 21.3. The first-order chi connectivity index (χ1) is 15.7. The SMILES string of the molecule is CCCCc1cc(CCCC)cc(N=CC=Nc2cc(CCCC)cc(CCCC)c2)c1.[Pd]. The molecule has 33 heavy (non-hydrogen) atoms. The Labute approximate surface area is 217 Å². The predicted molar refractivity (Wildman–Crippen MR) is 144 cm³/mol. The van der Waals surface area contributed by atoms with Gasteiger partial charge in [-0.25, -0.2) is 0 Å². The van der Waals surface area contributed by atoms with Crippen LogP contribution >= 0.6 is 0 Å². The van der Waals surface area contributed by atoms with Gasteiger partial charge in [0.05, 0.1) is 11.4 Å². The monoisotopic (exact) mass is 538 g/mol. The van der Waals surface area contributed by atoms with E-state index in [2.05, 4.69) is 64.1 Å². The maximum absolute atomic E-state index is 4.73. The summed E-state index contributed by atoms with van der Waals surface area (Å²) in [5.41, 5.74) is 7.75. The predicted octanol–water partition coefficient (Wildman–Crippen LogP) is 9.16. The van der Waals surface area contributed by atoms with Crippen LogP contribution in [0, 0.1) is 0 Å². The summed E-state index contributed by atoms with van der Waals surface area (Å²) in [5.74, 6) is 0. The molecule has 0 heterocycles. The van der Waals surface area contributed by atoms with Crippen LogP contribution in [0.4, 0.5) is 11.4 Å². The van der Waals surface area contributed by atoms with Crippen molar-refractivity contribution in [1.29, 1.82) is 0 Å². The van der Waals surface area contributed by atoms with Gasteiger partial charge in [0, 0.05) is 32.9 Å². The Morgan fingerprint density at radius 3 is 1.00 bits per heavy atom. The van der Waals surface area contributed by atoms with E-state index in [9.17, 15) is 0 Å². The molecule has 3 heteroatoms. The Bertz CT molecular complexity index is 730. The molecule has 0 amide bonds. The summed E-state index contributed by atoms with van der Waals surface area (Å²) < 4.78 is 0. The molecular weight excluding hydrogens is 495 g/mol. The molecule has 184 valence electrons. The number of nitrogens with zero attached hydrogens (tertiary/aromatic N) is 2. The topological polar surface area (TPSA) is 24.7 Å². The molecule has 0 unspecified atom stereocenters. The van der Waals surface area contributed by atoms with Crippen molar-refractivity contribution < 1.29 is 20.4 Å². The van der Waals surface area contributed by atoms with Crippen LogP contribution in [-0.4, -0.2) is 12.4 Å². The second-order valence-electron chi connectivity index (χ2n) is 8.99. The molecule has 0 aliphatic heterocycles. The van der Waals surface area contributed by atoms with E-state index in [0.717, 1.165) is 37.1 Å². The first kappa shape index (κ1) is 29.5. The molecule has 0 aliphatic carbocycles. The number of aryl methyl sites for hydroxylation is 4. The summed E-state index contributed by atoms with van der Waals surface area (Å²) in [6.07, 6.45) is 18.1. The summed E-state index contributed by atoms with van der Waals surface area (Å²) in [7, 11) is 0. The Balaban J connectivity index is 0.00000544. The third-order valence-electron chi connectivity index (χ3n) is 5.86. The van der Waals surface area contributed by atoms with Gasteiger partial charge in [0.2, 0.25) is 0 Å².